The van der Waals surface area contributed by atoms with Crippen molar-refractivity contribution < 1.29 is 4.79 Å². The number of nitrogens with zero attached hydrogens (tertiary/aromatic N) is 2. The highest BCUT2D eigenvalue weighted by molar-refractivity contribution is 9.10. The van der Waals surface area contributed by atoms with Gasteiger partial charge in [-0.2, -0.15) is 5.10 Å². The first-order valence-electron chi connectivity index (χ1n) is 7.59. The topological polar surface area (TPSA) is 73.1 Å². The van der Waals surface area contributed by atoms with Gasteiger partial charge < -0.3 is 15.5 Å². The summed E-state index contributed by atoms with van der Waals surface area (Å²) in [4.78, 5) is 14.7. The molecule has 0 unspecified atom stereocenters. The predicted octanol–water partition coefficient (Wildman–Crippen LogP) is 1.35. The van der Waals surface area contributed by atoms with Crippen LogP contribution < -0.4 is 10.6 Å². The van der Waals surface area contributed by atoms with Gasteiger partial charge in [0.1, 0.15) is 0 Å². The van der Waals surface area contributed by atoms with Gasteiger partial charge in [0.05, 0.1) is 5.52 Å². The number of carbonyl (C=O) groups excluding carboxylic acids is 1. The van der Waals surface area contributed by atoms with E-state index in [-0.39, 0.29) is 5.91 Å². The highest BCUT2D eigenvalue weighted by Crippen LogP contribution is 2.20. The van der Waals surface area contributed by atoms with Crippen LogP contribution in [0.15, 0.2) is 22.7 Å². The van der Waals surface area contributed by atoms with Crippen LogP contribution in [0.5, 0.6) is 0 Å². The van der Waals surface area contributed by atoms with Gasteiger partial charge in [0.2, 0.25) is 0 Å². The molecule has 0 radical (unpaired) electrons. The quantitative estimate of drug-likeness (QED) is 0.699. The van der Waals surface area contributed by atoms with Crippen LogP contribution in [0.4, 0.5) is 0 Å². The molecule has 3 rings (SSSR count). The highest BCUT2D eigenvalue weighted by atomic mass is 79.9. The number of rotatable bonds is 5. The van der Waals surface area contributed by atoms with E-state index in [1.165, 1.54) is 0 Å². The third-order valence-corrected chi connectivity index (χ3v) is 4.38. The van der Waals surface area contributed by atoms with Gasteiger partial charge in [0.25, 0.3) is 5.91 Å². The third kappa shape index (κ3) is 3.66. The third-order valence-electron chi connectivity index (χ3n) is 3.89. The zero-order valence-corrected chi connectivity index (χ0v) is 13.9. The first-order chi connectivity index (χ1) is 10.7. The van der Waals surface area contributed by atoms with Gasteiger partial charge in [0, 0.05) is 42.6 Å². The summed E-state index contributed by atoms with van der Waals surface area (Å²) in [7, 11) is 0. The lowest BCUT2D eigenvalue weighted by molar-refractivity contribution is 0.0948. The molecular formula is C15H20BrN5O. The van der Waals surface area contributed by atoms with Crippen LogP contribution in [0.1, 0.15) is 16.9 Å². The molecule has 118 valence electrons. The minimum absolute atomic E-state index is 0.121. The van der Waals surface area contributed by atoms with Crippen molar-refractivity contribution in [1.82, 2.24) is 25.7 Å². The summed E-state index contributed by atoms with van der Waals surface area (Å²) in [5.41, 5.74) is 1.33. The molecular weight excluding hydrogens is 346 g/mol. The Bertz CT molecular complexity index is 650. The van der Waals surface area contributed by atoms with Crippen molar-refractivity contribution in [3.05, 3.63) is 28.4 Å². The number of benzene rings is 1. The van der Waals surface area contributed by atoms with Crippen molar-refractivity contribution in [1.29, 1.82) is 0 Å². The fraction of sp³-hybridized carbons (Fsp3) is 0.467. The van der Waals surface area contributed by atoms with E-state index in [1.54, 1.807) is 0 Å². The van der Waals surface area contributed by atoms with E-state index in [0.717, 1.165) is 54.5 Å². The molecule has 0 aliphatic carbocycles. The van der Waals surface area contributed by atoms with E-state index < -0.39 is 0 Å². The molecule has 1 amide bonds. The zero-order valence-electron chi connectivity index (χ0n) is 12.4. The fourth-order valence-electron chi connectivity index (χ4n) is 2.68. The van der Waals surface area contributed by atoms with Crippen molar-refractivity contribution in [2.45, 2.75) is 6.42 Å². The van der Waals surface area contributed by atoms with E-state index in [1.807, 2.05) is 18.2 Å². The van der Waals surface area contributed by atoms with E-state index in [0.29, 0.717) is 12.2 Å². The van der Waals surface area contributed by atoms with Gasteiger partial charge in [-0.05, 0) is 31.2 Å². The Labute approximate surface area is 137 Å². The Hall–Kier alpha value is -1.44. The van der Waals surface area contributed by atoms with Crippen LogP contribution >= 0.6 is 15.9 Å². The molecule has 0 atom stereocenters. The van der Waals surface area contributed by atoms with E-state index in [9.17, 15) is 4.79 Å². The van der Waals surface area contributed by atoms with Crippen molar-refractivity contribution >= 4 is 32.7 Å². The largest absolute Gasteiger partial charge is 0.351 e. The zero-order chi connectivity index (χ0) is 15.4. The summed E-state index contributed by atoms with van der Waals surface area (Å²) in [6.45, 7) is 5.99. The van der Waals surface area contributed by atoms with Gasteiger partial charge in [-0.1, -0.05) is 15.9 Å². The summed E-state index contributed by atoms with van der Waals surface area (Å²) in [5.74, 6) is -0.121. The van der Waals surface area contributed by atoms with E-state index in [2.05, 4.69) is 41.7 Å². The van der Waals surface area contributed by atoms with Crippen LogP contribution in [0.2, 0.25) is 0 Å². The number of amides is 1. The number of nitrogens with one attached hydrogen (secondary N) is 3. The lowest BCUT2D eigenvalue weighted by Crippen LogP contribution is -2.44. The molecule has 2 heterocycles. The molecule has 0 bridgehead atoms. The SMILES string of the molecule is O=C(NCCCN1CCNCC1)c1n[nH]c2ccc(Br)cc12. The van der Waals surface area contributed by atoms with Crippen LogP contribution in [-0.2, 0) is 0 Å². The number of aromatic nitrogens is 2. The molecule has 1 aliphatic rings. The first-order valence-corrected chi connectivity index (χ1v) is 8.38. The average molecular weight is 366 g/mol. The minimum Gasteiger partial charge on any atom is -0.351 e. The minimum atomic E-state index is -0.121. The van der Waals surface area contributed by atoms with Crippen LogP contribution in [0, 0.1) is 0 Å². The molecule has 1 saturated heterocycles. The highest BCUT2D eigenvalue weighted by Gasteiger charge is 2.14. The number of hydrogen-bond donors (Lipinski definition) is 3. The maximum atomic E-state index is 12.2. The number of H-pyrrole nitrogens is 1. The van der Waals surface area contributed by atoms with Crippen LogP contribution in [0.3, 0.4) is 0 Å². The summed E-state index contributed by atoms with van der Waals surface area (Å²) in [6.07, 6.45) is 0.956. The molecule has 7 heteroatoms. The molecule has 1 fully saturated rings. The van der Waals surface area contributed by atoms with Crippen LogP contribution in [0.25, 0.3) is 10.9 Å². The molecule has 0 saturated carbocycles. The number of aromatic amines is 1. The predicted molar refractivity (Wildman–Crippen MR) is 90.1 cm³/mol. The Kier molecular flexibility index (Phi) is 5.07. The number of hydrogen-bond acceptors (Lipinski definition) is 4. The second kappa shape index (κ2) is 7.21. The van der Waals surface area contributed by atoms with Crippen molar-refractivity contribution in [2.24, 2.45) is 0 Å². The summed E-state index contributed by atoms with van der Waals surface area (Å²) in [6, 6.07) is 5.75. The van der Waals surface area contributed by atoms with Gasteiger partial charge in [-0.25, -0.2) is 0 Å². The van der Waals surface area contributed by atoms with Crippen molar-refractivity contribution in [3.8, 4) is 0 Å². The number of fused-ring (bicyclic) bond motifs is 1. The monoisotopic (exact) mass is 365 g/mol. The van der Waals surface area contributed by atoms with E-state index >= 15 is 0 Å². The number of piperazine rings is 1. The Morgan fingerprint density at radius 3 is 3.00 bits per heavy atom. The molecule has 2 aromatic rings. The molecule has 3 N–H and O–H groups in total. The molecule has 1 aromatic carbocycles. The maximum absolute atomic E-state index is 12.2. The van der Waals surface area contributed by atoms with Gasteiger partial charge in [0.15, 0.2) is 5.69 Å². The second-order valence-corrected chi connectivity index (χ2v) is 6.38. The Morgan fingerprint density at radius 2 is 2.18 bits per heavy atom. The maximum Gasteiger partial charge on any atom is 0.272 e. The van der Waals surface area contributed by atoms with Crippen LogP contribution in [-0.4, -0.2) is 60.3 Å². The summed E-state index contributed by atoms with van der Waals surface area (Å²) in [5, 5.41) is 14.2. The van der Waals surface area contributed by atoms with Gasteiger partial charge >= 0.3 is 0 Å². The summed E-state index contributed by atoms with van der Waals surface area (Å²) < 4.78 is 0.939. The summed E-state index contributed by atoms with van der Waals surface area (Å²) >= 11 is 3.42. The van der Waals surface area contributed by atoms with Gasteiger partial charge in [-0.3, -0.25) is 9.89 Å². The lowest BCUT2D eigenvalue weighted by Gasteiger charge is -2.26. The average Bonchev–Trinajstić information content (AvgIpc) is 2.95. The van der Waals surface area contributed by atoms with Crippen molar-refractivity contribution in [3.63, 3.8) is 0 Å². The lowest BCUT2D eigenvalue weighted by atomic mass is 10.2. The molecule has 0 spiro atoms. The Morgan fingerprint density at radius 1 is 1.36 bits per heavy atom. The number of halogens is 1. The van der Waals surface area contributed by atoms with Crippen molar-refractivity contribution in [2.75, 3.05) is 39.3 Å². The normalized spacial score (nSPS) is 16.0. The molecule has 1 aliphatic heterocycles. The van der Waals surface area contributed by atoms with Gasteiger partial charge in [-0.15, -0.1) is 0 Å². The molecule has 6 nitrogen and oxygen atoms in total. The smallest absolute Gasteiger partial charge is 0.272 e. The number of carbonyl (C=O) groups is 1. The standard InChI is InChI=1S/C15H20BrN5O/c16-11-2-3-13-12(10-11)14(20-19-13)15(22)18-4-1-7-21-8-5-17-6-9-21/h2-3,10,17H,1,4-9H2,(H,18,22)(H,19,20). The first kappa shape index (κ1) is 15.5. The Balaban J connectivity index is 1.51. The molecule has 1 aromatic heterocycles. The molecule has 22 heavy (non-hydrogen) atoms. The second-order valence-electron chi connectivity index (χ2n) is 5.46. The fourth-order valence-corrected chi connectivity index (χ4v) is 3.04. The van der Waals surface area contributed by atoms with E-state index in [4.69, 9.17) is 0 Å².